The normalized spacial score (nSPS) is 22.5. The molecule has 26 heavy (non-hydrogen) atoms. The number of amides is 3. The molecule has 2 saturated heterocycles. The number of para-hydroxylation sites is 1. The van der Waals surface area contributed by atoms with E-state index in [2.05, 4.69) is 22.9 Å². The lowest BCUT2D eigenvalue weighted by atomic mass is 9.81. The second-order valence-electron chi connectivity index (χ2n) is 7.86. The van der Waals surface area contributed by atoms with Gasteiger partial charge in [0.05, 0.1) is 5.92 Å². The molecule has 1 atom stereocenters. The molecule has 142 valence electrons. The largest absolute Gasteiger partial charge is 0.355 e. The summed E-state index contributed by atoms with van der Waals surface area (Å²) < 4.78 is 0. The summed E-state index contributed by atoms with van der Waals surface area (Å²) in [5.74, 6) is -0.0300. The first-order valence-corrected chi connectivity index (χ1v) is 9.65. The molecule has 0 saturated carbocycles. The number of urea groups is 1. The van der Waals surface area contributed by atoms with E-state index in [-0.39, 0.29) is 23.3 Å². The number of rotatable bonds is 4. The van der Waals surface area contributed by atoms with Gasteiger partial charge >= 0.3 is 6.03 Å². The third kappa shape index (κ3) is 4.97. The van der Waals surface area contributed by atoms with Crippen LogP contribution in [0.15, 0.2) is 30.3 Å². The molecule has 2 aliphatic heterocycles. The molecule has 2 fully saturated rings. The molecule has 0 aromatic heterocycles. The van der Waals surface area contributed by atoms with Crippen LogP contribution < -0.4 is 16.0 Å². The summed E-state index contributed by atoms with van der Waals surface area (Å²) in [7, 11) is 0. The van der Waals surface area contributed by atoms with Crippen LogP contribution in [0.2, 0.25) is 0 Å². The second-order valence-corrected chi connectivity index (χ2v) is 7.86. The van der Waals surface area contributed by atoms with Crippen molar-refractivity contribution in [2.75, 3.05) is 38.0 Å². The summed E-state index contributed by atoms with van der Waals surface area (Å²) in [6, 6.07) is 9.31. The molecule has 3 rings (SSSR count). The van der Waals surface area contributed by atoms with Crippen molar-refractivity contribution in [3.8, 4) is 0 Å². The van der Waals surface area contributed by atoms with Crippen LogP contribution in [0.5, 0.6) is 0 Å². The lowest BCUT2D eigenvalue weighted by molar-refractivity contribution is -0.126. The average molecular weight is 358 g/mol. The number of carbonyl (C=O) groups excluding carboxylic acids is 2. The third-order valence-electron chi connectivity index (χ3n) is 5.60. The lowest BCUT2D eigenvalue weighted by Gasteiger charge is -2.36. The molecule has 1 unspecified atom stereocenters. The van der Waals surface area contributed by atoms with Crippen LogP contribution in [0.3, 0.4) is 0 Å². The molecule has 0 aliphatic carbocycles. The molecule has 6 heteroatoms. The minimum absolute atomic E-state index is 0.0852. The molecular weight excluding hydrogens is 328 g/mol. The Labute approximate surface area is 155 Å². The Balaban J connectivity index is 1.49. The van der Waals surface area contributed by atoms with E-state index in [4.69, 9.17) is 0 Å². The average Bonchev–Trinajstić information content (AvgIpc) is 2.67. The first kappa shape index (κ1) is 18.7. The van der Waals surface area contributed by atoms with Gasteiger partial charge in [-0.1, -0.05) is 25.1 Å². The van der Waals surface area contributed by atoms with Crippen molar-refractivity contribution in [1.82, 2.24) is 15.5 Å². The van der Waals surface area contributed by atoms with Crippen LogP contribution in [0, 0.1) is 11.3 Å². The highest BCUT2D eigenvalue weighted by atomic mass is 16.2. The van der Waals surface area contributed by atoms with E-state index in [0.29, 0.717) is 13.1 Å². The van der Waals surface area contributed by atoms with Crippen molar-refractivity contribution < 1.29 is 9.59 Å². The Morgan fingerprint density at radius 3 is 2.69 bits per heavy atom. The summed E-state index contributed by atoms with van der Waals surface area (Å²) in [5, 5.41) is 9.42. The number of nitrogens with one attached hydrogen (secondary N) is 3. The maximum absolute atomic E-state index is 12.6. The van der Waals surface area contributed by atoms with Gasteiger partial charge in [-0.2, -0.15) is 0 Å². The maximum atomic E-state index is 12.6. The third-order valence-corrected chi connectivity index (χ3v) is 5.60. The fraction of sp³-hybridized carbons (Fsp3) is 0.600. The molecule has 1 aromatic rings. The molecular formula is C20H30N4O2. The smallest absolute Gasteiger partial charge is 0.321 e. The van der Waals surface area contributed by atoms with Crippen LogP contribution in [0.25, 0.3) is 0 Å². The van der Waals surface area contributed by atoms with Gasteiger partial charge in [0.25, 0.3) is 0 Å². The van der Waals surface area contributed by atoms with Crippen molar-refractivity contribution in [3.63, 3.8) is 0 Å². The molecule has 6 nitrogen and oxygen atoms in total. The Kier molecular flexibility index (Phi) is 6.14. The number of hydrogen-bond donors (Lipinski definition) is 3. The van der Waals surface area contributed by atoms with E-state index >= 15 is 0 Å². The predicted octanol–water partition coefficient (Wildman–Crippen LogP) is 2.44. The number of hydrogen-bond acceptors (Lipinski definition) is 3. The van der Waals surface area contributed by atoms with E-state index < -0.39 is 0 Å². The number of anilines is 1. The number of benzene rings is 1. The predicted molar refractivity (Wildman–Crippen MR) is 103 cm³/mol. The highest BCUT2D eigenvalue weighted by molar-refractivity contribution is 5.90. The summed E-state index contributed by atoms with van der Waals surface area (Å²) in [5.41, 5.74) is 0.961. The van der Waals surface area contributed by atoms with Crippen LogP contribution in [0.4, 0.5) is 10.5 Å². The topological polar surface area (TPSA) is 73.5 Å². The van der Waals surface area contributed by atoms with Crippen LogP contribution >= 0.6 is 0 Å². The van der Waals surface area contributed by atoms with E-state index in [0.717, 1.165) is 51.0 Å². The van der Waals surface area contributed by atoms with Gasteiger partial charge in [-0.25, -0.2) is 4.79 Å². The first-order valence-electron chi connectivity index (χ1n) is 9.65. The molecule has 0 radical (unpaired) electrons. The first-order chi connectivity index (χ1) is 12.6. The standard InChI is InChI=1S/C20H30N4O2/c1-20(9-11-21-12-10-20)15-22-18(25)16-6-5-13-24(14-16)19(26)23-17-7-3-2-4-8-17/h2-4,7-8,16,21H,5-6,9-15H2,1H3,(H,22,25)(H,23,26). The van der Waals surface area contributed by atoms with E-state index in [1.165, 1.54) is 0 Å². The second kappa shape index (κ2) is 8.54. The van der Waals surface area contributed by atoms with Crippen molar-refractivity contribution in [2.45, 2.75) is 32.6 Å². The van der Waals surface area contributed by atoms with Gasteiger partial charge in [-0.15, -0.1) is 0 Å². The van der Waals surface area contributed by atoms with Crippen molar-refractivity contribution in [3.05, 3.63) is 30.3 Å². The molecule has 2 heterocycles. The van der Waals surface area contributed by atoms with Crippen LogP contribution in [-0.2, 0) is 4.79 Å². The quantitative estimate of drug-likeness (QED) is 0.774. The fourth-order valence-electron chi connectivity index (χ4n) is 3.75. The van der Waals surface area contributed by atoms with E-state index in [9.17, 15) is 9.59 Å². The Hall–Kier alpha value is -2.08. The highest BCUT2D eigenvalue weighted by Crippen LogP contribution is 2.27. The van der Waals surface area contributed by atoms with Crippen molar-refractivity contribution >= 4 is 17.6 Å². The lowest BCUT2D eigenvalue weighted by Crippen LogP contribution is -2.49. The van der Waals surface area contributed by atoms with Gasteiger partial charge in [0.1, 0.15) is 0 Å². The van der Waals surface area contributed by atoms with E-state index in [1.807, 2.05) is 30.3 Å². The number of likely N-dealkylation sites (tertiary alicyclic amines) is 1. The van der Waals surface area contributed by atoms with Crippen molar-refractivity contribution in [2.24, 2.45) is 11.3 Å². The van der Waals surface area contributed by atoms with Crippen LogP contribution in [0.1, 0.15) is 32.6 Å². The van der Waals surface area contributed by atoms with Gasteiger partial charge in [0.2, 0.25) is 5.91 Å². The summed E-state index contributed by atoms with van der Waals surface area (Å²) in [4.78, 5) is 26.8. The molecule has 0 bridgehead atoms. The molecule has 2 aliphatic rings. The zero-order chi connectivity index (χ0) is 18.4. The fourth-order valence-corrected chi connectivity index (χ4v) is 3.75. The maximum Gasteiger partial charge on any atom is 0.321 e. The monoisotopic (exact) mass is 358 g/mol. The van der Waals surface area contributed by atoms with Gasteiger partial charge in [-0.3, -0.25) is 4.79 Å². The molecule has 1 aromatic carbocycles. The molecule has 3 N–H and O–H groups in total. The number of nitrogens with zero attached hydrogens (tertiary/aromatic N) is 1. The van der Waals surface area contributed by atoms with Gasteiger partial charge in [0.15, 0.2) is 0 Å². The summed E-state index contributed by atoms with van der Waals surface area (Å²) in [6.07, 6.45) is 3.88. The Bertz CT molecular complexity index is 613. The van der Waals surface area contributed by atoms with Gasteiger partial charge < -0.3 is 20.9 Å². The van der Waals surface area contributed by atoms with Gasteiger partial charge in [0, 0.05) is 25.3 Å². The SMILES string of the molecule is CC1(CNC(=O)C2CCCN(C(=O)Nc3ccccc3)C2)CCNCC1. The van der Waals surface area contributed by atoms with E-state index in [1.54, 1.807) is 4.90 Å². The van der Waals surface area contributed by atoms with Crippen LogP contribution in [-0.4, -0.2) is 49.6 Å². The molecule has 3 amide bonds. The summed E-state index contributed by atoms with van der Waals surface area (Å²) in [6.45, 7) is 6.19. The molecule has 0 spiro atoms. The number of carbonyl (C=O) groups is 2. The summed E-state index contributed by atoms with van der Waals surface area (Å²) >= 11 is 0. The van der Waals surface area contributed by atoms with Crippen molar-refractivity contribution in [1.29, 1.82) is 0 Å². The zero-order valence-electron chi connectivity index (χ0n) is 15.6. The minimum atomic E-state index is -0.126. The Morgan fingerprint density at radius 2 is 1.96 bits per heavy atom. The highest BCUT2D eigenvalue weighted by Gasteiger charge is 2.31. The number of piperidine rings is 2. The minimum Gasteiger partial charge on any atom is -0.355 e. The van der Waals surface area contributed by atoms with Gasteiger partial charge in [-0.05, 0) is 56.3 Å². The Morgan fingerprint density at radius 1 is 1.23 bits per heavy atom. The zero-order valence-corrected chi connectivity index (χ0v) is 15.6.